The van der Waals surface area contributed by atoms with Crippen molar-refractivity contribution in [2.24, 2.45) is 10.9 Å². The molecule has 2 aromatic heterocycles. The number of fused-ring (bicyclic) bond motifs is 2. The van der Waals surface area contributed by atoms with Crippen molar-refractivity contribution in [3.63, 3.8) is 0 Å². The molecule has 6 nitrogen and oxygen atoms in total. The molecule has 166 valence electrons. The second-order valence-electron chi connectivity index (χ2n) is 9.07. The molecule has 1 atom stereocenters. The molecule has 2 fully saturated rings. The van der Waals surface area contributed by atoms with Crippen LogP contribution in [0.25, 0.3) is 16.3 Å². The molecule has 0 bridgehead atoms. The molecule has 6 rings (SSSR count). The number of ether oxygens (including phenoxy) is 2. The zero-order chi connectivity index (χ0) is 21.5. The van der Waals surface area contributed by atoms with Crippen LogP contribution in [-0.2, 0) is 4.74 Å². The summed E-state index contributed by atoms with van der Waals surface area (Å²) in [6.45, 7) is 7.03. The first-order valence-electron chi connectivity index (χ1n) is 11.5. The van der Waals surface area contributed by atoms with E-state index in [2.05, 4.69) is 51.8 Å². The summed E-state index contributed by atoms with van der Waals surface area (Å²) in [5.74, 6) is 1.55. The Morgan fingerprint density at radius 3 is 2.91 bits per heavy atom. The summed E-state index contributed by atoms with van der Waals surface area (Å²) in [4.78, 5) is 12.2. The van der Waals surface area contributed by atoms with Crippen molar-refractivity contribution in [3.8, 4) is 5.75 Å². The third-order valence-corrected chi connectivity index (χ3v) is 7.74. The predicted octanol–water partition coefficient (Wildman–Crippen LogP) is 2.75. The van der Waals surface area contributed by atoms with Gasteiger partial charge in [-0.25, -0.2) is 0 Å². The van der Waals surface area contributed by atoms with E-state index in [0.717, 1.165) is 60.5 Å². The first-order chi connectivity index (χ1) is 15.7. The lowest BCUT2D eigenvalue weighted by Crippen LogP contribution is -2.52. The fraction of sp³-hybridized carbons (Fsp3) is 0.440. The Balaban J connectivity index is 1.14. The standard InChI is InChI=1S/C25H28N4O2S/c1-16-8-21(31-13-17-2-5-29(6-3-17)20-14-30-15-20)9-19-11-27-25(28-24(16)19)22-10-18-4-7-32-23(18)12-26-22/h4,7-12,17,20,25,27H,2-3,5-6,13-15H2,1H3. The molecule has 3 aromatic rings. The minimum Gasteiger partial charge on any atom is -0.493 e. The number of nitrogens with one attached hydrogen (secondary N) is 1. The van der Waals surface area contributed by atoms with Gasteiger partial charge in [0, 0.05) is 17.6 Å². The van der Waals surface area contributed by atoms with Gasteiger partial charge < -0.3 is 14.8 Å². The third kappa shape index (κ3) is 3.89. The van der Waals surface area contributed by atoms with Gasteiger partial charge in [-0.2, -0.15) is 0 Å². The molecule has 1 unspecified atom stereocenters. The van der Waals surface area contributed by atoms with Crippen LogP contribution >= 0.6 is 11.3 Å². The Kier molecular flexibility index (Phi) is 5.33. The molecular weight excluding hydrogens is 420 g/mol. The van der Waals surface area contributed by atoms with Gasteiger partial charge in [0.1, 0.15) is 5.75 Å². The van der Waals surface area contributed by atoms with Gasteiger partial charge in [0.25, 0.3) is 0 Å². The van der Waals surface area contributed by atoms with Gasteiger partial charge in [-0.05, 0) is 79.4 Å². The summed E-state index contributed by atoms with van der Waals surface area (Å²) in [5, 5.41) is 8.82. The van der Waals surface area contributed by atoms with E-state index in [0.29, 0.717) is 12.0 Å². The molecule has 3 aliphatic heterocycles. The van der Waals surface area contributed by atoms with Crippen LogP contribution in [0.5, 0.6) is 5.75 Å². The van der Waals surface area contributed by atoms with Crippen LogP contribution in [0.2, 0.25) is 0 Å². The van der Waals surface area contributed by atoms with Gasteiger partial charge in [-0.3, -0.25) is 14.9 Å². The van der Waals surface area contributed by atoms with Gasteiger partial charge in [0.05, 0.1) is 41.6 Å². The number of pyridine rings is 1. The second-order valence-corrected chi connectivity index (χ2v) is 10.0. The summed E-state index contributed by atoms with van der Waals surface area (Å²) in [6, 6.07) is 9.13. The van der Waals surface area contributed by atoms with E-state index in [1.807, 2.05) is 12.4 Å². The molecule has 3 aliphatic rings. The summed E-state index contributed by atoms with van der Waals surface area (Å²) in [6.07, 6.45) is 6.23. The van der Waals surface area contributed by atoms with Crippen LogP contribution in [0.3, 0.4) is 0 Å². The van der Waals surface area contributed by atoms with Crippen molar-refractivity contribution in [2.75, 3.05) is 32.9 Å². The molecule has 5 heterocycles. The van der Waals surface area contributed by atoms with E-state index in [-0.39, 0.29) is 6.17 Å². The fourth-order valence-corrected chi connectivity index (χ4v) is 5.53. The SMILES string of the molecule is Cc1cc(OCC2CCN(C3COC3)CC2)cc2c1=NC(c1cc3ccsc3cn1)NC=2. The maximum Gasteiger partial charge on any atom is 0.162 e. The predicted molar refractivity (Wildman–Crippen MR) is 126 cm³/mol. The lowest BCUT2D eigenvalue weighted by atomic mass is 9.96. The molecule has 1 N–H and O–H groups in total. The zero-order valence-electron chi connectivity index (χ0n) is 18.3. The van der Waals surface area contributed by atoms with Crippen LogP contribution < -0.4 is 20.6 Å². The van der Waals surface area contributed by atoms with Crippen molar-refractivity contribution in [2.45, 2.75) is 32.0 Å². The maximum absolute atomic E-state index is 6.24. The lowest BCUT2D eigenvalue weighted by Gasteiger charge is -2.41. The van der Waals surface area contributed by atoms with E-state index >= 15 is 0 Å². The van der Waals surface area contributed by atoms with E-state index in [1.54, 1.807) is 11.3 Å². The number of likely N-dealkylation sites (tertiary alicyclic amines) is 1. The van der Waals surface area contributed by atoms with Gasteiger partial charge in [-0.15, -0.1) is 11.3 Å². The van der Waals surface area contributed by atoms with Crippen molar-refractivity contribution >= 4 is 27.6 Å². The van der Waals surface area contributed by atoms with Crippen molar-refractivity contribution in [1.29, 1.82) is 0 Å². The number of thiophene rings is 1. The Morgan fingerprint density at radius 2 is 2.09 bits per heavy atom. The number of benzene rings is 1. The average molecular weight is 449 g/mol. The average Bonchev–Trinajstić information content (AvgIpc) is 3.25. The van der Waals surface area contributed by atoms with Gasteiger partial charge >= 0.3 is 0 Å². The van der Waals surface area contributed by atoms with Crippen molar-refractivity contribution in [1.82, 2.24) is 15.2 Å². The van der Waals surface area contributed by atoms with Gasteiger partial charge in [-0.1, -0.05) is 0 Å². The first kappa shape index (κ1) is 20.1. The van der Waals surface area contributed by atoms with Crippen LogP contribution in [-0.4, -0.2) is 48.8 Å². The number of nitrogens with zero attached hydrogens (tertiary/aromatic N) is 3. The van der Waals surface area contributed by atoms with Crippen LogP contribution in [0.1, 0.15) is 30.3 Å². The summed E-state index contributed by atoms with van der Waals surface area (Å²) in [7, 11) is 0. The molecule has 1 aromatic carbocycles. The number of piperidine rings is 1. The first-order valence-corrected chi connectivity index (χ1v) is 12.3. The second kappa shape index (κ2) is 8.46. The summed E-state index contributed by atoms with van der Waals surface area (Å²) >= 11 is 1.71. The van der Waals surface area contributed by atoms with Crippen molar-refractivity contribution in [3.05, 3.63) is 57.7 Å². The molecule has 0 aliphatic carbocycles. The number of hydrogen-bond acceptors (Lipinski definition) is 7. The fourth-order valence-electron chi connectivity index (χ4n) is 4.80. The summed E-state index contributed by atoms with van der Waals surface area (Å²) in [5.41, 5.74) is 2.08. The number of hydrogen-bond donors (Lipinski definition) is 1. The Labute approximate surface area is 191 Å². The molecule has 32 heavy (non-hydrogen) atoms. The van der Waals surface area contributed by atoms with E-state index in [1.165, 1.54) is 22.9 Å². The zero-order valence-corrected chi connectivity index (χ0v) is 19.1. The highest BCUT2D eigenvalue weighted by Gasteiger charge is 2.29. The monoisotopic (exact) mass is 448 g/mol. The minimum absolute atomic E-state index is 0.163. The van der Waals surface area contributed by atoms with Crippen LogP contribution in [0.4, 0.5) is 0 Å². The van der Waals surface area contributed by atoms with Gasteiger partial charge in [0.15, 0.2) is 6.17 Å². The molecule has 2 saturated heterocycles. The minimum atomic E-state index is -0.163. The summed E-state index contributed by atoms with van der Waals surface area (Å²) < 4.78 is 12.8. The number of aromatic nitrogens is 1. The molecule has 0 spiro atoms. The molecular formula is C25H28N4O2S. The topological polar surface area (TPSA) is 59.0 Å². The molecule has 7 heteroatoms. The maximum atomic E-state index is 6.24. The third-order valence-electron chi connectivity index (χ3n) is 6.87. The van der Waals surface area contributed by atoms with Gasteiger partial charge in [0.2, 0.25) is 0 Å². The number of rotatable bonds is 5. The van der Waals surface area contributed by atoms with E-state index in [4.69, 9.17) is 14.5 Å². The Hall–Kier alpha value is -2.48. The highest BCUT2D eigenvalue weighted by molar-refractivity contribution is 7.17. The van der Waals surface area contributed by atoms with E-state index in [9.17, 15) is 0 Å². The Bertz CT molecular complexity index is 1240. The van der Waals surface area contributed by atoms with Crippen LogP contribution in [0.15, 0.2) is 40.8 Å². The largest absolute Gasteiger partial charge is 0.493 e. The molecule has 0 radical (unpaired) electrons. The normalized spacial score (nSPS) is 21.8. The molecule has 0 saturated carbocycles. The van der Waals surface area contributed by atoms with E-state index < -0.39 is 0 Å². The molecule has 0 amide bonds. The van der Waals surface area contributed by atoms with Crippen molar-refractivity contribution < 1.29 is 9.47 Å². The highest BCUT2D eigenvalue weighted by Crippen LogP contribution is 2.24. The lowest BCUT2D eigenvalue weighted by molar-refractivity contribution is -0.0750. The smallest absolute Gasteiger partial charge is 0.162 e. The van der Waals surface area contributed by atoms with Crippen LogP contribution in [0, 0.1) is 12.8 Å². The highest BCUT2D eigenvalue weighted by atomic mass is 32.1. The Morgan fingerprint density at radius 1 is 1.22 bits per heavy atom. The quantitative estimate of drug-likeness (QED) is 0.651. The number of aryl methyl sites for hydroxylation is 1.